The van der Waals surface area contributed by atoms with Crippen LogP contribution < -0.4 is 5.32 Å². The largest absolute Gasteiger partial charge is 0.314 e. The lowest BCUT2D eigenvalue weighted by atomic mass is 9.99. The second kappa shape index (κ2) is 6.09. The minimum Gasteiger partial charge on any atom is -0.314 e. The van der Waals surface area contributed by atoms with Gasteiger partial charge in [-0.15, -0.1) is 0 Å². The lowest BCUT2D eigenvalue weighted by Gasteiger charge is -2.49. The number of nitrogens with zero attached hydrogens (tertiary/aromatic N) is 3. The predicted octanol–water partition coefficient (Wildman–Crippen LogP) is 1.25. The zero-order valence-corrected chi connectivity index (χ0v) is 12.4. The molecule has 21 heavy (non-hydrogen) atoms. The smallest absolute Gasteiger partial charge is 0.269 e. The fourth-order valence-electron chi connectivity index (χ4n) is 3.17. The molecule has 0 bridgehead atoms. The van der Waals surface area contributed by atoms with E-state index in [1.165, 1.54) is 0 Å². The number of nitro benzene ring substituents is 1. The van der Waals surface area contributed by atoms with Crippen LogP contribution in [0.5, 0.6) is 0 Å². The molecule has 2 saturated heterocycles. The van der Waals surface area contributed by atoms with E-state index in [1.807, 2.05) is 12.1 Å². The number of rotatable bonds is 4. The van der Waals surface area contributed by atoms with Gasteiger partial charge < -0.3 is 5.32 Å². The Kier molecular flexibility index (Phi) is 4.19. The van der Waals surface area contributed by atoms with Crippen molar-refractivity contribution in [2.75, 3.05) is 39.3 Å². The molecule has 1 aromatic rings. The van der Waals surface area contributed by atoms with Gasteiger partial charge in [-0.05, 0) is 12.5 Å². The lowest BCUT2D eigenvalue weighted by Crippen LogP contribution is -2.62. The SMILES string of the molecule is CC(c1ccc([N+](=O)[O-])cc1)N1CC(N2CCNCC2)C1. The number of nitrogens with one attached hydrogen (secondary N) is 1. The monoisotopic (exact) mass is 290 g/mol. The Balaban J connectivity index is 1.54. The van der Waals surface area contributed by atoms with Crippen molar-refractivity contribution >= 4 is 5.69 Å². The van der Waals surface area contributed by atoms with Gasteiger partial charge in [0, 0.05) is 63.5 Å². The van der Waals surface area contributed by atoms with Crippen molar-refractivity contribution in [2.24, 2.45) is 0 Å². The van der Waals surface area contributed by atoms with Crippen molar-refractivity contribution in [1.82, 2.24) is 15.1 Å². The van der Waals surface area contributed by atoms with E-state index < -0.39 is 0 Å². The van der Waals surface area contributed by atoms with Gasteiger partial charge >= 0.3 is 0 Å². The average Bonchev–Trinajstić information content (AvgIpc) is 2.47. The van der Waals surface area contributed by atoms with Gasteiger partial charge in [0.25, 0.3) is 5.69 Å². The highest BCUT2D eigenvalue weighted by atomic mass is 16.6. The van der Waals surface area contributed by atoms with Crippen molar-refractivity contribution in [3.63, 3.8) is 0 Å². The maximum atomic E-state index is 10.7. The van der Waals surface area contributed by atoms with Crippen molar-refractivity contribution < 1.29 is 4.92 Å². The van der Waals surface area contributed by atoms with Crippen molar-refractivity contribution in [2.45, 2.75) is 19.0 Å². The third kappa shape index (κ3) is 3.07. The van der Waals surface area contributed by atoms with E-state index in [0.29, 0.717) is 12.1 Å². The molecule has 114 valence electrons. The van der Waals surface area contributed by atoms with Gasteiger partial charge in [0.15, 0.2) is 0 Å². The number of nitro groups is 1. The van der Waals surface area contributed by atoms with E-state index in [9.17, 15) is 10.1 Å². The van der Waals surface area contributed by atoms with Crippen LogP contribution in [0.15, 0.2) is 24.3 Å². The third-order valence-electron chi connectivity index (χ3n) is 4.69. The van der Waals surface area contributed by atoms with Crippen LogP contribution in [-0.2, 0) is 0 Å². The van der Waals surface area contributed by atoms with Crippen LogP contribution in [0.4, 0.5) is 5.69 Å². The number of hydrogen-bond acceptors (Lipinski definition) is 5. The molecule has 2 aliphatic rings. The summed E-state index contributed by atoms with van der Waals surface area (Å²) in [6.45, 7) is 8.84. The Hall–Kier alpha value is -1.50. The van der Waals surface area contributed by atoms with Gasteiger partial charge in [-0.1, -0.05) is 12.1 Å². The Morgan fingerprint density at radius 1 is 1.24 bits per heavy atom. The first-order chi connectivity index (χ1) is 10.1. The van der Waals surface area contributed by atoms with Crippen molar-refractivity contribution in [3.8, 4) is 0 Å². The molecule has 2 aliphatic heterocycles. The molecule has 1 N–H and O–H groups in total. The van der Waals surface area contributed by atoms with Crippen LogP contribution >= 0.6 is 0 Å². The molecule has 1 aromatic carbocycles. The van der Waals surface area contributed by atoms with Gasteiger partial charge in [0.05, 0.1) is 4.92 Å². The lowest BCUT2D eigenvalue weighted by molar-refractivity contribution is -0.384. The summed E-state index contributed by atoms with van der Waals surface area (Å²) < 4.78 is 0. The molecule has 6 nitrogen and oxygen atoms in total. The van der Waals surface area contributed by atoms with E-state index >= 15 is 0 Å². The van der Waals surface area contributed by atoms with Crippen LogP contribution in [0, 0.1) is 10.1 Å². The average molecular weight is 290 g/mol. The molecule has 2 fully saturated rings. The van der Waals surface area contributed by atoms with E-state index in [2.05, 4.69) is 22.0 Å². The van der Waals surface area contributed by atoms with Gasteiger partial charge in [-0.25, -0.2) is 0 Å². The summed E-state index contributed by atoms with van der Waals surface area (Å²) in [6.07, 6.45) is 0. The van der Waals surface area contributed by atoms with Crippen LogP contribution in [0.1, 0.15) is 18.5 Å². The van der Waals surface area contributed by atoms with E-state index in [4.69, 9.17) is 0 Å². The van der Waals surface area contributed by atoms with Gasteiger partial charge in [0.2, 0.25) is 0 Å². The van der Waals surface area contributed by atoms with E-state index in [1.54, 1.807) is 12.1 Å². The molecule has 0 saturated carbocycles. The molecule has 0 aliphatic carbocycles. The topological polar surface area (TPSA) is 61.7 Å². The van der Waals surface area contributed by atoms with Crippen molar-refractivity contribution in [3.05, 3.63) is 39.9 Å². The van der Waals surface area contributed by atoms with Crippen LogP contribution in [0.3, 0.4) is 0 Å². The molecular formula is C15H22N4O2. The normalized spacial score (nSPS) is 22.7. The maximum Gasteiger partial charge on any atom is 0.269 e. The Bertz CT molecular complexity index is 493. The number of piperazine rings is 1. The summed E-state index contributed by atoms with van der Waals surface area (Å²) in [4.78, 5) is 15.3. The minimum absolute atomic E-state index is 0.160. The minimum atomic E-state index is -0.349. The number of likely N-dealkylation sites (tertiary alicyclic amines) is 1. The summed E-state index contributed by atoms with van der Waals surface area (Å²) in [6, 6.07) is 7.94. The second-order valence-electron chi connectivity index (χ2n) is 5.92. The third-order valence-corrected chi connectivity index (χ3v) is 4.69. The molecule has 0 radical (unpaired) electrons. The standard InChI is InChI=1S/C15H22N4O2/c1-12(13-2-4-14(5-3-13)19(20)21)18-10-15(11-18)17-8-6-16-7-9-17/h2-5,12,15-16H,6-11H2,1H3. The van der Waals surface area contributed by atoms with Crippen molar-refractivity contribution in [1.29, 1.82) is 0 Å². The fourth-order valence-corrected chi connectivity index (χ4v) is 3.17. The van der Waals surface area contributed by atoms with Crippen LogP contribution in [-0.4, -0.2) is 60.0 Å². The molecule has 3 rings (SSSR count). The fraction of sp³-hybridized carbons (Fsp3) is 0.600. The number of hydrogen-bond donors (Lipinski definition) is 1. The second-order valence-corrected chi connectivity index (χ2v) is 5.92. The van der Waals surface area contributed by atoms with E-state index in [0.717, 1.165) is 44.8 Å². The van der Waals surface area contributed by atoms with Gasteiger partial charge in [0.1, 0.15) is 0 Å². The zero-order valence-electron chi connectivity index (χ0n) is 12.4. The Morgan fingerprint density at radius 2 is 1.86 bits per heavy atom. The number of non-ortho nitro benzene ring substituents is 1. The first-order valence-electron chi connectivity index (χ1n) is 7.58. The van der Waals surface area contributed by atoms with Crippen LogP contribution in [0.25, 0.3) is 0 Å². The molecule has 6 heteroatoms. The highest BCUT2D eigenvalue weighted by molar-refractivity contribution is 5.34. The first kappa shape index (κ1) is 14.4. The zero-order chi connectivity index (χ0) is 14.8. The highest BCUT2D eigenvalue weighted by Crippen LogP contribution is 2.28. The Labute approximate surface area is 124 Å². The summed E-state index contributed by atoms with van der Waals surface area (Å²) in [7, 11) is 0. The number of benzene rings is 1. The summed E-state index contributed by atoms with van der Waals surface area (Å²) in [5, 5.41) is 14.1. The van der Waals surface area contributed by atoms with Gasteiger partial charge in [-0.2, -0.15) is 0 Å². The van der Waals surface area contributed by atoms with E-state index in [-0.39, 0.29) is 10.6 Å². The quantitative estimate of drug-likeness (QED) is 0.668. The molecule has 0 amide bonds. The summed E-state index contributed by atoms with van der Waals surface area (Å²) in [5.41, 5.74) is 1.31. The molecule has 0 spiro atoms. The summed E-state index contributed by atoms with van der Waals surface area (Å²) >= 11 is 0. The molecule has 1 atom stereocenters. The summed E-state index contributed by atoms with van der Waals surface area (Å²) in [5.74, 6) is 0. The Morgan fingerprint density at radius 3 is 2.43 bits per heavy atom. The molecule has 0 aromatic heterocycles. The molecule has 2 heterocycles. The van der Waals surface area contributed by atoms with Crippen LogP contribution in [0.2, 0.25) is 0 Å². The predicted molar refractivity (Wildman–Crippen MR) is 81.3 cm³/mol. The highest BCUT2D eigenvalue weighted by Gasteiger charge is 2.35. The van der Waals surface area contributed by atoms with Gasteiger partial charge in [-0.3, -0.25) is 19.9 Å². The molecular weight excluding hydrogens is 268 g/mol. The first-order valence-corrected chi connectivity index (χ1v) is 7.58. The molecule has 1 unspecified atom stereocenters. The maximum absolute atomic E-state index is 10.7.